The molecule has 1 amide bonds. The monoisotopic (exact) mass is 248 g/mol. The van der Waals surface area contributed by atoms with E-state index in [2.05, 4.69) is 4.98 Å². The average molecular weight is 248 g/mol. The molecule has 1 aliphatic rings. The van der Waals surface area contributed by atoms with Crippen molar-refractivity contribution >= 4 is 16.8 Å². The highest BCUT2D eigenvalue weighted by molar-refractivity contribution is 5.98. The summed E-state index contributed by atoms with van der Waals surface area (Å²) in [5.74, 6) is -0.359. The SMILES string of the molecule is O=C(c1cc2cc(F)ccc2[nH]1)N1CCOCC1. The standard InChI is InChI=1S/C13H13FN2O2/c14-10-1-2-11-9(7-10)8-12(15-11)13(17)16-3-5-18-6-4-16/h1-2,7-8,15H,3-6H2. The molecule has 1 aromatic carbocycles. The molecule has 1 saturated heterocycles. The number of hydrogen-bond acceptors (Lipinski definition) is 2. The van der Waals surface area contributed by atoms with Crippen LogP contribution >= 0.6 is 0 Å². The Morgan fingerprint density at radius 1 is 1.28 bits per heavy atom. The number of carbonyl (C=O) groups excluding carboxylic acids is 1. The molecule has 1 aromatic heterocycles. The van der Waals surface area contributed by atoms with Crippen LogP contribution in [0.1, 0.15) is 10.5 Å². The lowest BCUT2D eigenvalue weighted by molar-refractivity contribution is 0.0299. The highest BCUT2D eigenvalue weighted by atomic mass is 19.1. The summed E-state index contributed by atoms with van der Waals surface area (Å²) in [7, 11) is 0. The third kappa shape index (κ3) is 1.97. The van der Waals surface area contributed by atoms with Crippen molar-refractivity contribution in [3.63, 3.8) is 0 Å². The van der Waals surface area contributed by atoms with E-state index in [-0.39, 0.29) is 11.7 Å². The molecule has 0 aliphatic carbocycles. The van der Waals surface area contributed by atoms with Gasteiger partial charge < -0.3 is 14.6 Å². The Morgan fingerprint density at radius 2 is 2.06 bits per heavy atom. The van der Waals surface area contributed by atoms with Crippen LogP contribution in [0.3, 0.4) is 0 Å². The van der Waals surface area contributed by atoms with Gasteiger partial charge in [-0.2, -0.15) is 0 Å². The van der Waals surface area contributed by atoms with Crippen molar-refractivity contribution in [3.05, 3.63) is 35.8 Å². The van der Waals surface area contributed by atoms with E-state index in [0.29, 0.717) is 37.4 Å². The number of ether oxygens (including phenoxy) is 1. The van der Waals surface area contributed by atoms with E-state index in [1.807, 2.05) is 0 Å². The zero-order chi connectivity index (χ0) is 12.5. The quantitative estimate of drug-likeness (QED) is 0.836. The summed E-state index contributed by atoms with van der Waals surface area (Å²) in [5, 5.41) is 0.714. The highest BCUT2D eigenvalue weighted by Gasteiger charge is 2.20. The first-order valence-corrected chi connectivity index (χ1v) is 5.89. The molecule has 0 spiro atoms. The van der Waals surface area contributed by atoms with E-state index >= 15 is 0 Å². The van der Waals surface area contributed by atoms with Gasteiger partial charge in [-0.15, -0.1) is 0 Å². The molecule has 0 radical (unpaired) electrons. The predicted molar refractivity (Wildman–Crippen MR) is 65.0 cm³/mol. The Labute approximate surface area is 103 Å². The van der Waals surface area contributed by atoms with Crippen LogP contribution in [0.25, 0.3) is 10.9 Å². The van der Waals surface area contributed by atoms with Gasteiger partial charge in [0, 0.05) is 24.0 Å². The minimum atomic E-state index is -0.299. The van der Waals surface area contributed by atoms with Crippen LogP contribution in [-0.4, -0.2) is 42.1 Å². The summed E-state index contributed by atoms with van der Waals surface area (Å²) in [5.41, 5.74) is 1.27. The first kappa shape index (κ1) is 11.2. The minimum absolute atomic E-state index is 0.0603. The van der Waals surface area contributed by atoms with E-state index in [4.69, 9.17) is 4.74 Å². The van der Waals surface area contributed by atoms with Gasteiger partial charge in [-0.3, -0.25) is 4.79 Å². The molecule has 0 atom stereocenters. The first-order valence-electron chi connectivity index (χ1n) is 5.89. The molecule has 3 rings (SSSR count). The Morgan fingerprint density at radius 3 is 2.83 bits per heavy atom. The molecule has 4 nitrogen and oxygen atoms in total. The lowest BCUT2D eigenvalue weighted by atomic mass is 10.2. The van der Waals surface area contributed by atoms with Crippen LogP contribution in [0.2, 0.25) is 0 Å². The van der Waals surface area contributed by atoms with Gasteiger partial charge in [-0.25, -0.2) is 4.39 Å². The van der Waals surface area contributed by atoms with Crippen LogP contribution in [0, 0.1) is 5.82 Å². The summed E-state index contributed by atoms with van der Waals surface area (Å²) in [6.07, 6.45) is 0. The van der Waals surface area contributed by atoms with E-state index < -0.39 is 0 Å². The number of amides is 1. The van der Waals surface area contributed by atoms with Crippen molar-refractivity contribution in [2.75, 3.05) is 26.3 Å². The normalized spacial score (nSPS) is 16.2. The van der Waals surface area contributed by atoms with Crippen molar-refractivity contribution in [2.45, 2.75) is 0 Å². The molecule has 1 aliphatic heterocycles. The van der Waals surface area contributed by atoms with E-state index in [9.17, 15) is 9.18 Å². The summed E-state index contributed by atoms with van der Waals surface area (Å²) < 4.78 is 18.3. The summed E-state index contributed by atoms with van der Waals surface area (Å²) >= 11 is 0. The van der Waals surface area contributed by atoms with Crippen LogP contribution < -0.4 is 0 Å². The molecule has 94 valence electrons. The molecule has 1 fully saturated rings. The summed E-state index contributed by atoms with van der Waals surface area (Å²) in [6, 6.07) is 6.13. The number of benzene rings is 1. The van der Waals surface area contributed by atoms with Crippen molar-refractivity contribution in [3.8, 4) is 0 Å². The zero-order valence-corrected chi connectivity index (χ0v) is 9.78. The number of nitrogens with zero attached hydrogens (tertiary/aromatic N) is 1. The summed E-state index contributed by atoms with van der Waals surface area (Å²) in [4.78, 5) is 17.0. The fourth-order valence-corrected chi connectivity index (χ4v) is 2.16. The molecular formula is C13H13FN2O2. The Hall–Kier alpha value is -1.88. The van der Waals surface area contributed by atoms with E-state index in [1.165, 1.54) is 12.1 Å². The third-order valence-corrected chi connectivity index (χ3v) is 3.11. The summed E-state index contributed by atoms with van der Waals surface area (Å²) in [6.45, 7) is 2.34. The number of halogens is 1. The number of aromatic nitrogens is 1. The second-order valence-corrected chi connectivity index (χ2v) is 4.32. The maximum atomic E-state index is 13.1. The van der Waals surface area contributed by atoms with Gasteiger partial charge in [0.15, 0.2) is 0 Å². The predicted octanol–water partition coefficient (Wildman–Crippen LogP) is 1.78. The molecular weight excluding hydrogens is 235 g/mol. The lowest BCUT2D eigenvalue weighted by Crippen LogP contribution is -2.40. The minimum Gasteiger partial charge on any atom is -0.378 e. The van der Waals surface area contributed by atoms with Gasteiger partial charge in [0.1, 0.15) is 11.5 Å². The largest absolute Gasteiger partial charge is 0.378 e. The molecule has 5 heteroatoms. The molecule has 2 aromatic rings. The number of H-pyrrole nitrogens is 1. The van der Waals surface area contributed by atoms with Gasteiger partial charge in [-0.05, 0) is 24.3 Å². The Bertz CT molecular complexity index is 588. The van der Waals surface area contributed by atoms with Crippen molar-refractivity contribution in [1.82, 2.24) is 9.88 Å². The number of rotatable bonds is 1. The molecule has 18 heavy (non-hydrogen) atoms. The van der Waals surface area contributed by atoms with Crippen LogP contribution in [0.5, 0.6) is 0 Å². The number of nitrogens with one attached hydrogen (secondary N) is 1. The second kappa shape index (κ2) is 4.42. The van der Waals surface area contributed by atoms with Gasteiger partial charge >= 0.3 is 0 Å². The van der Waals surface area contributed by atoms with Crippen molar-refractivity contribution < 1.29 is 13.9 Å². The fraction of sp³-hybridized carbons (Fsp3) is 0.308. The molecule has 0 saturated carbocycles. The van der Waals surface area contributed by atoms with Gasteiger partial charge in [0.05, 0.1) is 13.2 Å². The number of carbonyl (C=O) groups is 1. The molecule has 2 heterocycles. The molecule has 0 bridgehead atoms. The lowest BCUT2D eigenvalue weighted by Gasteiger charge is -2.26. The zero-order valence-electron chi connectivity index (χ0n) is 9.78. The fourth-order valence-electron chi connectivity index (χ4n) is 2.16. The maximum Gasteiger partial charge on any atom is 0.270 e. The maximum absolute atomic E-state index is 13.1. The first-order chi connectivity index (χ1) is 8.74. The average Bonchev–Trinajstić information content (AvgIpc) is 2.81. The van der Waals surface area contributed by atoms with Gasteiger partial charge in [0.25, 0.3) is 5.91 Å². The topological polar surface area (TPSA) is 45.3 Å². The number of morpholine rings is 1. The Kier molecular flexibility index (Phi) is 2.76. The van der Waals surface area contributed by atoms with Crippen LogP contribution in [0.4, 0.5) is 4.39 Å². The Balaban J connectivity index is 1.91. The van der Waals surface area contributed by atoms with Gasteiger partial charge in [-0.1, -0.05) is 0 Å². The van der Waals surface area contributed by atoms with E-state index in [0.717, 1.165) is 5.52 Å². The van der Waals surface area contributed by atoms with Crippen molar-refractivity contribution in [2.24, 2.45) is 0 Å². The number of aromatic amines is 1. The molecule has 0 unspecified atom stereocenters. The van der Waals surface area contributed by atoms with Crippen LogP contribution in [-0.2, 0) is 4.74 Å². The van der Waals surface area contributed by atoms with Crippen LogP contribution in [0.15, 0.2) is 24.3 Å². The van der Waals surface area contributed by atoms with E-state index in [1.54, 1.807) is 17.0 Å². The molecule has 1 N–H and O–H groups in total. The van der Waals surface area contributed by atoms with Crippen molar-refractivity contribution in [1.29, 1.82) is 0 Å². The number of hydrogen-bond donors (Lipinski definition) is 1. The van der Waals surface area contributed by atoms with Gasteiger partial charge in [0.2, 0.25) is 0 Å². The third-order valence-electron chi connectivity index (χ3n) is 3.11. The smallest absolute Gasteiger partial charge is 0.270 e. The second-order valence-electron chi connectivity index (χ2n) is 4.32. The number of fused-ring (bicyclic) bond motifs is 1. The highest BCUT2D eigenvalue weighted by Crippen LogP contribution is 2.18.